The largest absolute Gasteiger partial charge is 0.491 e. The van der Waals surface area contributed by atoms with Gasteiger partial charge in [-0.3, -0.25) is 4.79 Å². The molecule has 1 amide bonds. The molecule has 1 aliphatic carbocycles. The number of rotatable bonds is 7. The van der Waals surface area contributed by atoms with Gasteiger partial charge in [-0.2, -0.15) is 18.4 Å². The van der Waals surface area contributed by atoms with Crippen molar-refractivity contribution in [1.29, 1.82) is 5.26 Å². The van der Waals surface area contributed by atoms with E-state index in [4.69, 9.17) is 4.74 Å². The lowest BCUT2D eigenvalue weighted by Gasteiger charge is -2.22. The number of pyridine rings is 1. The molecule has 3 aromatic rings. The van der Waals surface area contributed by atoms with E-state index in [2.05, 4.69) is 9.97 Å². The molecule has 0 unspecified atom stereocenters. The second-order valence-corrected chi connectivity index (χ2v) is 7.92. The van der Waals surface area contributed by atoms with E-state index in [1.165, 1.54) is 18.5 Å². The van der Waals surface area contributed by atoms with Crippen molar-refractivity contribution in [2.75, 3.05) is 13.2 Å². The van der Waals surface area contributed by atoms with Crippen LogP contribution in [-0.2, 0) is 18.0 Å². The molecule has 33 heavy (non-hydrogen) atoms. The van der Waals surface area contributed by atoms with Crippen LogP contribution >= 0.6 is 0 Å². The monoisotopic (exact) mass is 457 g/mol. The molecule has 0 aliphatic heterocycles. The van der Waals surface area contributed by atoms with Gasteiger partial charge in [0.2, 0.25) is 5.91 Å². The maximum atomic E-state index is 13.8. The van der Waals surface area contributed by atoms with Gasteiger partial charge in [0.25, 0.3) is 0 Å². The molecule has 0 saturated heterocycles. The Morgan fingerprint density at radius 3 is 2.73 bits per heavy atom. The van der Waals surface area contributed by atoms with Gasteiger partial charge in [-0.25, -0.2) is 9.97 Å². The minimum atomic E-state index is -4.66. The van der Waals surface area contributed by atoms with Crippen LogP contribution in [0.15, 0.2) is 30.6 Å². The molecule has 7 nitrogen and oxygen atoms in total. The van der Waals surface area contributed by atoms with Crippen molar-refractivity contribution in [3.8, 4) is 23.1 Å². The summed E-state index contributed by atoms with van der Waals surface area (Å²) in [6.45, 7) is 1.96. The molecular weight excluding hydrogens is 435 g/mol. The van der Waals surface area contributed by atoms with Gasteiger partial charge in [-0.1, -0.05) is 6.92 Å². The molecule has 0 radical (unpaired) electrons. The Labute approximate surface area is 188 Å². The van der Waals surface area contributed by atoms with Gasteiger partial charge in [-0.15, -0.1) is 0 Å². The Morgan fingerprint density at radius 2 is 2.09 bits per heavy atom. The van der Waals surface area contributed by atoms with Crippen molar-refractivity contribution in [2.24, 2.45) is 7.05 Å². The summed E-state index contributed by atoms with van der Waals surface area (Å²) in [5.74, 6) is -0.342. The zero-order valence-corrected chi connectivity index (χ0v) is 18.2. The lowest BCUT2D eigenvalue weighted by Crippen LogP contribution is -2.36. The summed E-state index contributed by atoms with van der Waals surface area (Å²) in [7, 11) is 1.73. The Bertz CT molecular complexity index is 1240. The third-order valence-corrected chi connectivity index (χ3v) is 5.60. The van der Waals surface area contributed by atoms with E-state index in [1.54, 1.807) is 29.5 Å². The lowest BCUT2D eigenvalue weighted by molar-refractivity contribution is -0.139. The van der Waals surface area contributed by atoms with Crippen molar-refractivity contribution in [1.82, 2.24) is 19.4 Å². The van der Waals surface area contributed by atoms with Crippen molar-refractivity contribution in [3.63, 3.8) is 0 Å². The third-order valence-electron chi connectivity index (χ3n) is 5.60. The van der Waals surface area contributed by atoms with Gasteiger partial charge in [-0.05, 0) is 37.1 Å². The molecule has 1 aromatic carbocycles. The Hall–Kier alpha value is -3.61. The molecule has 2 aromatic heterocycles. The number of hydrogen-bond acceptors (Lipinski definition) is 5. The van der Waals surface area contributed by atoms with E-state index in [1.807, 2.05) is 6.07 Å². The standard InChI is InChI=1S/C23H22F3N5O2/c1-3-21(32)31(15-5-6-15)8-9-33-20-7-4-14(10-16(20)23(24,25)26)17-11-19-22(18(12-27)29-17)28-13-30(19)2/h4,7,10-11,13,15H,3,5-6,8-9H2,1-2H3. The molecule has 172 valence electrons. The van der Waals surface area contributed by atoms with Crippen molar-refractivity contribution in [3.05, 3.63) is 41.9 Å². The van der Waals surface area contributed by atoms with Gasteiger partial charge in [0.05, 0.1) is 29.6 Å². The van der Waals surface area contributed by atoms with E-state index < -0.39 is 11.7 Å². The summed E-state index contributed by atoms with van der Waals surface area (Å²) in [6, 6.07) is 7.41. The predicted octanol–water partition coefficient (Wildman–Crippen LogP) is 4.31. The zero-order chi connectivity index (χ0) is 23.8. The fourth-order valence-corrected chi connectivity index (χ4v) is 3.74. The summed E-state index contributed by atoms with van der Waals surface area (Å²) >= 11 is 0. The van der Waals surface area contributed by atoms with Crippen LogP contribution in [0.5, 0.6) is 5.75 Å². The van der Waals surface area contributed by atoms with Gasteiger partial charge < -0.3 is 14.2 Å². The fourth-order valence-electron chi connectivity index (χ4n) is 3.74. The summed E-state index contributed by atoms with van der Waals surface area (Å²) in [5.41, 5.74) is 0.513. The third kappa shape index (κ3) is 4.62. The normalized spacial score (nSPS) is 13.7. The first-order valence-corrected chi connectivity index (χ1v) is 10.6. The Kier molecular flexibility index (Phi) is 5.97. The number of aromatic nitrogens is 3. The molecule has 10 heteroatoms. The van der Waals surface area contributed by atoms with Gasteiger partial charge in [0.1, 0.15) is 23.9 Å². The van der Waals surface area contributed by atoms with Crippen molar-refractivity contribution in [2.45, 2.75) is 38.4 Å². The van der Waals surface area contributed by atoms with E-state index in [-0.39, 0.29) is 47.8 Å². The van der Waals surface area contributed by atoms with Crippen LogP contribution in [0.1, 0.15) is 37.4 Å². The number of carbonyl (C=O) groups is 1. The number of nitriles is 1. The fraction of sp³-hybridized carbons (Fsp3) is 0.391. The Balaban J connectivity index is 1.62. The number of alkyl halides is 3. The molecule has 0 N–H and O–H groups in total. The van der Waals surface area contributed by atoms with Crippen molar-refractivity contribution >= 4 is 16.9 Å². The molecule has 1 fully saturated rings. The molecule has 1 saturated carbocycles. The number of carbonyl (C=O) groups excluding carboxylic acids is 1. The zero-order valence-electron chi connectivity index (χ0n) is 18.2. The predicted molar refractivity (Wildman–Crippen MR) is 114 cm³/mol. The molecule has 1 aliphatic rings. The minimum Gasteiger partial charge on any atom is -0.491 e. The number of fused-ring (bicyclic) bond motifs is 1. The molecular formula is C23H22F3N5O2. The van der Waals surface area contributed by atoms with Gasteiger partial charge in [0.15, 0.2) is 5.69 Å². The number of aryl methyl sites for hydroxylation is 1. The molecule has 2 heterocycles. The highest BCUT2D eigenvalue weighted by Crippen LogP contribution is 2.39. The van der Waals surface area contributed by atoms with Crippen LogP contribution in [-0.4, -0.2) is 44.5 Å². The van der Waals surface area contributed by atoms with Crippen LogP contribution in [0.2, 0.25) is 0 Å². The highest BCUT2D eigenvalue weighted by molar-refractivity contribution is 5.84. The molecule has 0 bridgehead atoms. The average Bonchev–Trinajstić information content (AvgIpc) is 3.57. The minimum absolute atomic E-state index is 0.0302. The van der Waals surface area contributed by atoms with E-state index in [0.29, 0.717) is 17.5 Å². The van der Waals surface area contributed by atoms with Crippen LogP contribution in [0.4, 0.5) is 13.2 Å². The highest BCUT2D eigenvalue weighted by atomic mass is 19.4. The lowest BCUT2D eigenvalue weighted by atomic mass is 10.1. The number of hydrogen-bond donors (Lipinski definition) is 0. The second-order valence-electron chi connectivity index (χ2n) is 7.92. The van der Waals surface area contributed by atoms with Crippen LogP contribution in [0.25, 0.3) is 22.3 Å². The van der Waals surface area contributed by atoms with Gasteiger partial charge in [0, 0.05) is 25.1 Å². The van der Waals surface area contributed by atoms with Crippen LogP contribution < -0.4 is 4.74 Å². The van der Waals surface area contributed by atoms with Crippen LogP contribution in [0, 0.1) is 11.3 Å². The quantitative estimate of drug-likeness (QED) is 0.528. The van der Waals surface area contributed by atoms with Crippen molar-refractivity contribution < 1.29 is 22.7 Å². The molecule has 0 spiro atoms. The number of halogens is 3. The number of benzene rings is 1. The first-order chi connectivity index (χ1) is 15.7. The van der Waals surface area contributed by atoms with E-state index >= 15 is 0 Å². The summed E-state index contributed by atoms with van der Waals surface area (Å²) in [4.78, 5) is 22.1. The number of nitrogens with zero attached hydrogens (tertiary/aromatic N) is 5. The van der Waals surface area contributed by atoms with E-state index in [0.717, 1.165) is 18.9 Å². The molecule has 4 rings (SSSR count). The first kappa shape index (κ1) is 22.6. The average molecular weight is 457 g/mol. The maximum Gasteiger partial charge on any atom is 0.419 e. The SMILES string of the molecule is CCC(=O)N(CCOc1ccc(-c2cc3c(ncn3C)c(C#N)n2)cc1C(F)(F)F)C1CC1. The number of ether oxygens (including phenoxy) is 1. The first-order valence-electron chi connectivity index (χ1n) is 10.6. The summed E-state index contributed by atoms with van der Waals surface area (Å²) in [5, 5.41) is 9.40. The van der Waals surface area contributed by atoms with E-state index in [9.17, 15) is 23.2 Å². The maximum absolute atomic E-state index is 13.8. The van der Waals surface area contributed by atoms with Crippen LogP contribution in [0.3, 0.4) is 0 Å². The molecule has 0 atom stereocenters. The second kappa shape index (κ2) is 8.73. The smallest absolute Gasteiger partial charge is 0.419 e. The number of imidazole rings is 1. The topological polar surface area (TPSA) is 84.0 Å². The highest BCUT2D eigenvalue weighted by Gasteiger charge is 2.35. The van der Waals surface area contributed by atoms with Gasteiger partial charge >= 0.3 is 6.18 Å². The number of amides is 1. The summed E-state index contributed by atoms with van der Waals surface area (Å²) in [6.07, 6.45) is -0.976. The Morgan fingerprint density at radius 1 is 1.33 bits per heavy atom. The summed E-state index contributed by atoms with van der Waals surface area (Å²) < 4.78 is 48.6.